The fourth-order valence-electron chi connectivity index (χ4n) is 2.66. The van der Waals surface area contributed by atoms with Crippen molar-refractivity contribution < 1.29 is 4.79 Å². The van der Waals surface area contributed by atoms with Gasteiger partial charge in [0.25, 0.3) is 0 Å². The minimum Gasteiger partial charge on any atom is -0.399 e. The van der Waals surface area contributed by atoms with Crippen molar-refractivity contribution in [2.75, 3.05) is 12.3 Å². The van der Waals surface area contributed by atoms with Crippen LogP contribution in [-0.2, 0) is 11.3 Å². The summed E-state index contributed by atoms with van der Waals surface area (Å²) >= 11 is 0. The van der Waals surface area contributed by atoms with Crippen molar-refractivity contribution in [3.8, 4) is 0 Å². The van der Waals surface area contributed by atoms with Crippen molar-refractivity contribution in [1.82, 2.24) is 4.90 Å². The zero-order valence-corrected chi connectivity index (χ0v) is 13.8. The maximum Gasteiger partial charge on any atom is 0.225 e. The van der Waals surface area contributed by atoms with E-state index in [1.807, 2.05) is 29.2 Å². The molecular formula is C18H30N2O. The Morgan fingerprint density at radius 3 is 2.57 bits per heavy atom. The molecule has 0 aliphatic rings. The second kappa shape index (κ2) is 9.43. The minimum atomic E-state index is 0.164. The molecule has 1 aromatic rings. The van der Waals surface area contributed by atoms with Crippen LogP contribution in [0.15, 0.2) is 24.3 Å². The highest BCUT2D eigenvalue weighted by molar-refractivity contribution is 5.78. The number of nitrogens with zero attached hydrogens (tertiary/aromatic N) is 1. The van der Waals surface area contributed by atoms with Crippen molar-refractivity contribution >= 4 is 11.6 Å². The maximum absolute atomic E-state index is 12.8. The molecule has 3 nitrogen and oxygen atoms in total. The van der Waals surface area contributed by atoms with Crippen LogP contribution >= 0.6 is 0 Å². The summed E-state index contributed by atoms with van der Waals surface area (Å²) in [4.78, 5) is 14.8. The summed E-state index contributed by atoms with van der Waals surface area (Å²) < 4.78 is 0. The van der Waals surface area contributed by atoms with Crippen LogP contribution in [0, 0.1) is 5.92 Å². The van der Waals surface area contributed by atoms with Gasteiger partial charge in [-0.3, -0.25) is 4.79 Å². The molecule has 0 saturated carbocycles. The van der Waals surface area contributed by atoms with Gasteiger partial charge in [-0.25, -0.2) is 0 Å². The molecule has 0 radical (unpaired) electrons. The standard InChI is InChI=1S/C18H30N2O/c1-4-7-10-16(6-3)18(21)20(12-5-2)14-15-9-8-11-17(19)13-15/h8-9,11,13,16H,4-7,10,12,14,19H2,1-3H3. The Morgan fingerprint density at radius 2 is 2.00 bits per heavy atom. The van der Waals surface area contributed by atoms with Crippen LogP contribution in [0.4, 0.5) is 5.69 Å². The summed E-state index contributed by atoms with van der Waals surface area (Å²) in [5.41, 5.74) is 7.70. The lowest BCUT2D eigenvalue weighted by Crippen LogP contribution is -2.36. The van der Waals surface area contributed by atoms with Gasteiger partial charge in [-0.15, -0.1) is 0 Å². The van der Waals surface area contributed by atoms with E-state index < -0.39 is 0 Å². The smallest absolute Gasteiger partial charge is 0.225 e. The molecule has 1 rings (SSSR count). The highest BCUT2D eigenvalue weighted by atomic mass is 16.2. The van der Waals surface area contributed by atoms with Gasteiger partial charge in [0.15, 0.2) is 0 Å². The Kier molecular flexibility index (Phi) is 7.88. The number of nitrogens with two attached hydrogens (primary N) is 1. The highest BCUT2D eigenvalue weighted by Gasteiger charge is 2.22. The lowest BCUT2D eigenvalue weighted by atomic mass is 9.97. The third-order valence-electron chi connectivity index (χ3n) is 3.88. The molecule has 1 unspecified atom stereocenters. The van der Waals surface area contributed by atoms with E-state index in [0.717, 1.165) is 49.9 Å². The first-order chi connectivity index (χ1) is 10.1. The molecule has 0 saturated heterocycles. The molecule has 2 N–H and O–H groups in total. The number of carbonyl (C=O) groups excluding carboxylic acids is 1. The number of carbonyl (C=O) groups is 1. The predicted octanol–water partition coefficient (Wildman–Crippen LogP) is 4.22. The Morgan fingerprint density at radius 1 is 1.24 bits per heavy atom. The summed E-state index contributed by atoms with van der Waals surface area (Å²) in [6.07, 6.45) is 5.19. The minimum absolute atomic E-state index is 0.164. The van der Waals surface area contributed by atoms with E-state index in [1.54, 1.807) is 0 Å². The maximum atomic E-state index is 12.8. The van der Waals surface area contributed by atoms with Crippen molar-refractivity contribution in [3.63, 3.8) is 0 Å². The van der Waals surface area contributed by atoms with E-state index in [4.69, 9.17) is 5.73 Å². The molecule has 0 aromatic heterocycles. The fraction of sp³-hybridized carbons (Fsp3) is 0.611. The number of anilines is 1. The third-order valence-corrected chi connectivity index (χ3v) is 3.88. The topological polar surface area (TPSA) is 46.3 Å². The van der Waals surface area contributed by atoms with Crippen LogP contribution in [0.5, 0.6) is 0 Å². The Hall–Kier alpha value is -1.51. The molecule has 0 bridgehead atoms. The monoisotopic (exact) mass is 290 g/mol. The lowest BCUT2D eigenvalue weighted by molar-refractivity contribution is -0.136. The van der Waals surface area contributed by atoms with E-state index in [0.29, 0.717) is 12.5 Å². The fourth-order valence-corrected chi connectivity index (χ4v) is 2.66. The van der Waals surface area contributed by atoms with Crippen molar-refractivity contribution in [3.05, 3.63) is 29.8 Å². The van der Waals surface area contributed by atoms with Gasteiger partial charge < -0.3 is 10.6 Å². The molecule has 0 spiro atoms. The quantitative estimate of drug-likeness (QED) is 0.692. The van der Waals surface area contributed by atoms with E-state index in [-0.39, 0.29) is 5.92 Å². The molecule has 1 aromatic carbocycles. The molecule has 1 amide bonds. The summed E-state index contributed by atoms with van der Waals surface area (Å²) in [6, 6.07) is 7.83. The summed E-state index contributed by atoms with van der Waals surface area (Å²) in [5, 5.41) is 0. The number of nitrogen functional groups attached to an aromatic ring is 1. The Labute approximate surface area is 129 Å². The van der Waals surface area contributed by atoms with Crippen molar-refractivity contribution in [1.29, 1.82) is 0 Å². The van der Waals surface area contributed by atoms with Crippen LogP contribution in [0.25, 0.3) is 0 Å². The summed E-state index contributed by atoms with van der Waals surface area (Å²) in [7, 11) is 0. The van der Waals surface area contributed by atoms with Crippen LogP contribution in [-0.4, -0.2) is 17.4 Å². The van der Waals surface area contributed by atoms with E-state index >= 15 is 0 Å². The molecule has 0 fully saturated rings. The molecule has 3 heteroatoms. The first-order valence-corrected chi connectivity index (χ1v) is 8.25. The van der Waals surface area contributed by atoms with Crippen LogP contribution in [0.2, 0.25) is 0 Å². The summed E-state index contributed by atoms with van der Waals surface area (Å²) in [5.74, 6) is 0.466. The number of hydrogen-bond acceptors (Lipinski definition) is 2. The number of hydrogen-bond donors (Lipinski definition) is 1. The largest absolute Gasteiger partial charge is 0.399 e. The molecule has 0 aliphatic carbocycles. The highest BCUT2D eigenvalue weighted by Crippen LogP contribution is 2.18. The van der Waals surface area contributed by atoms with E-state index in [9.17, 15) is 4.79 Å². The van der Waals surface area contributed by atoms with E-state index in [1.165, 1.54) is 0 Å². The Balaban J connectivity index is 2.76. The second-order valence-electron chi connectivity index (χ2n) is 5.75. The predicted molar refractivity (Wildman–Crippen MR) is 89.9 cm³/mol. The number of amides is 1. The first-order valence-electron chi connectivity index (χ1n) is 8.25. The van der Waals surface area contributed by atoms with Gasteiger partial charge in [-0.2, -0.15) is 0 Å². The van der Waals surface area contributed by atoms with Gasteiger partial charge in [-0.1, -0.05) is 45.7 Å². The number of rotatable bonds is 9. The molecular weight excluding hydrogens is 260 g/mol. The van der Waals surface area contributed by atoms with Crippen LogP contribution in [0.3, 0.4) is 0 Å². The molecule has 21 heavy (non-hydrogen) atoms. The number of unbranched alkanes of at least 4 members (excludes halogenated alkanes) is 1. The van der Waals surface area contributed by atoms with Gasteiger partial charge in [-0.05, 0) is 37.0 Å². The average Bonchev–Trinajstić information content (AvgIpc) is 2.47. The zero-order chi connectivity index (χ0) is 15.7. The first kappa shape index (κ1) is 17.5. The van der Waals surface area contributed by atoms with Crippen molar-refractivity contribution in [2.45, 2.75) is 59.4 Å². The van der Waals surface area contributed by atoms with E-state index in [2.05, 4.69) is 20.8 Å². The average molecular weight is 290 g/mol. The van der Waals surface area contributed by atoms with Crippen molar-refractivity contribution in [2.24, 2.45) is 5.92 Å². The van der Waals surface area contributed by atoms with Crippen LogP contribution < -0.4 is 5.73 Å². The Bertz CT molecular complexity index is 431. The molecule has 118 valence electrons. The van der Waals surface area contributed by atoms with Gasteiger partial charge >= 0.3 is 0 Å². The molecule has 1 atom stereocenters. The van der Waals surface area contributed by atoms with Gasteiger partial charge in [0, 0.05) is 24.7 Å². The zero-order valence-electron chi connectivity index (χ0n) is 13.8. The molecule has 0 aliphatic heterocycles. The second-order valence-corrected chi connectivity index (χ2v) is 5.75. The lowest BCUT2D eigenvalue weighted by Gasteiger charge is -2.27. The third kappa shape index (κ3) is 5.78. The summed E-state index contributed by atoms with van der Waals surface area (Å²) in [6.45, 7) is 7.89. The normalized spacial score (nSPS) is 12.1. The van der Waals surface area contributed by atoms with Gasteiger partial charge in [0.1, 0.15) is 0 Å². The van der Waals surface area contributed by atoms with Gasteiger partial charge in [0.2, 0.25) is 5.91 Å². The SMILES string of the molecule is CCCCC(CC)C(=O)N(CCC)Cc1cccc(N)c1. The molecule has 0 heterocycles. The van der Waals surface area contributed by atoms with Crippen LogP contribution in [0.1, 0.15) is 58.4 Å². The number of benzene rings is 1. The van der Waals surface area contributed by atoms with Gasteiger partial charge in [0.05, 0.1) is 0 Å².